The fraction of sp³-hybridized carbons (Fsp3) is 0.959. The molecule has 0 aromatic rings. The smallest absolute Gasteiger partial charge is 0.124 e. The number of hydrogen-bond acceptors (Lipinski definition) is 8. The first-order chi connectivity index (χ1) is 27.3. The first-order valence-corrected chi connectivity index (χ1v) is 24.2. The molecular formula is C49H78O8. The van der Waals surface area contributed by atoms with E-state index >= 15 is 0 Å². The minimum atomic E-state index is -0.345. The van der Waals surface area contributed by atoms with Crippen LogP contribution >= 0.6 is 0 Å². The molecule has 3 heterocycles. The summed E-state index contributed by atoms with van der Waals surface area (Å²) in [5, 5.41) is 0. The van der Waals surface area contributed by atoms with Crippen LogP contribution in [0.4, 0.5) is 0 Å². The van der Waals surface area contributed by atoms with Gasteiger partial charge in [-0.2, -0.15) is 0 Å². The number of ether oxygens (including phenoxy) is 8. The van der Waals surface area contributed by atoms with Gasteiger partial charge >= 0.3 is 0 Å². The number of methoxy groups -OCH3 is 1. The molecule has 57 heavy (non-hydrogen) atoms. The molecule has 10 aliphatic rings. The van der Waals surface area contributed by atoms with Gasteiger partial charge in [-0.1, -0.05) is 34.1 Å². The van der Waals surface area contributed by atoms with Crippen LogP contribution in [-0.2, 0) is 37.9 Å². The zero-order valence-corrected chi connectivity index (χ0v) is 37.0. The zero-order chi connectivity index (χ0) is 39.6. The molecule has 0 bridgehead atoms. The first kappa shape index (κ1) is 40.3. The van der Waals surface area contributed by atoms with Gasteiger partial charge in [0.25, 0.3) is 0 Å². The van der Waals surface area contributed by atoms with Crippen molar-refractivity contribution in [3.63, 3.8) is 0 Å². The molecule has 0 amide bonds. The van der Waals surface area contributed by atoms with Crippen LogP contribution in [0.15, 0.2) is 11.8 Å². The quantitative estimate of drug-likeness (QED) is 0.280. The molecule has 3 saturated heterocycles. The van der Waals surface area contributed by atoms with Gasteiger partial charge in [-0.25, -0.2) is 0 Å². The Morgan fingerprint density at radius 1 is 0.509 bits per heavy atom. The average molecular weight is 795 g/mol. The zero-order valence-electron chi connectivity index (χ0n) is 37.0. The maximum atomic E-state index is 7.59. The highest BCUT2D eigenvalue weighted by molar-refractivity contribution is 5.40. The molecule has 0 radical (unpaired) electrons. The molecule has 22 unspecified atom stereocenters. The van der Waals surface area contributed by atoms with Crippen molar-refractivity contribution in [2.75, 3.05) is 7.11 Å². The third kappa shape index (κ3) is 5.81. The number of fused-ring (bicyclic) bond motifs is 12. The van der Waals surface area contributed by atoms with E-state index in [9.17, 15) is 0 Å². The fourth-order valence-electron chi connectivity index (χ4n) is 16.3. The van der Waals surface area contributed by atoms with Gasteiger partial charge in [0.15, 0.2) is 0 Å². The van der Waals surface area contributed by atoms with E-state index in [4.69, 9.17) is 37.9 Å². The number of allylic oxidation sites excluding steroid dienone is 2. The lowest BCUT2D eigenvalue weighted by Crippen LogP contribution is -2.96. The highest BCUT2D eigenvalue weighted by Gasteiger charge is 2.93. The molecule has 7 aliphatic carbocycles. The molecule has 322 valence electrons. The third-order valence-corrected chi connectivity index (χ3v) is 20.3. The van der Waals surface area contributed by atoms with Gasteiger partial charge in [-0.15, -0.1) is 0 Å². The Hall–Kier alpha value is -0.740. The van der Waals surface area contributed by atoms with Crippen LogP contribution in [0.25, 0.3) is 0 Å². The molecule has 3 aliphatic heterocycles. The van der Waals surface area contributed by atoms with Gasteiger partial charge < -0.3 is 37.9 Å². The topological polar surface area (TPSA) is 73.8 Å². The second kappa shape index (κ2) is 14.7. The predicted molar refractivity (Wildman–Crippen MR) is 219 cm³/mol. The molecule has 9 fully saturated rings. The lowest BCUT2D eigenvalue weighted by atomic mass is 9.19. The van der Waals surface area contributed by atoms with Crippen LogP contribution in [0.1, 0.15) is 158 Å². The third-order valence-electron chi connectivity index (χ3n) is 20.3. The maximum absolute atomic E-state index is 7.59. The van der Waals surface area contributed by atoms with Gasteiger partial charge in [-0.05, 0) is 159 Å². The number of rotatable bonds is 3. The summed E-state index contributed by atoms with van der Waals surface area (Å²) in [7, 11) is 1.88. The van der Waals surface area contributed by atoms with Crippen LogP contribution in [0.5, 0.6) is 0 Å². The van der Waals surface area contributed by atoms with Crippen LogP contribution in [0.3, 0.4) is 0 Å². The largest absolute Gasteiger partial charge is 0.492 e. The Labute approximate surface area is 344 Å². The molecule has 0 aromatic carbocycles. The SMILES string of the molecule is COC1CCC2OC3(C)C(C)(OC2CCC1OC1=CCCC2C(C)C(C)C2C1)C1(C)C2CCCC4OC5CCC6OC(C)C(C)OC6CCC5OC4CCC2C31C. The molecule has 8 nitrogen and oxygen atoms in total. The summed E-state index contributed by atoms with van der Waals surface area (Å²) in [6.45, 7) is 19.2. The molecular weight excluding hydrogens is 717 g/mol. The van der Waals surface area contributed by atoms with Crippen LogP contribution in [-0.4, -0.2) is 91.6 Å². The van der Waals surface area contributed by atoms with Crippen molar-refractivity contribution in [2.24, 2.45) is 46.3 Å². The van der Waals surface area contributed by atoms with E-state index in [1.807, 2.05) is 7.11 Å². The van der Waals surface area contributed by atoms with E-state index in [2.05, 4.69) is 61.5 Å². The van der Waals surface area contributed by atoms with Crippen molar-refractivity contribution in [3.05, 3.63) is 11.8 Å². The molecule has 22 atom stereocenters. The van der Waals surface area contributed by atoms with E-state index in [0.29, 0.717) is 11.8 Å². The van der Waals surface area contributed by atoms with E-state index in [1.165, 1.54) is 31.4 Å². The normalized spacial score (nSPS) is 58.6. The molecule has 8 heteroatoms. The summed E-state index contributed by atoms with van der Waals surface area (Å²) in [5.41, 5.74) is -0.583. The lowest BCUT2D eigenvalue weighted by molar-refractivity contribution is -0.525. The second-order valence-electron chi connectivity index (χ2n) is 21.9. The van der Waals surface area contributed by atoms with E-state index < -0.39 is 0 Å². The van der Waals surface area contributed by atoms with Crippen molar-refractivity contribution in [3.8, 4) is 0 Å². The first-order valence-electron chi connectivity index (χ1n) is 24.2. The average Bonchev–Trinajstić information content (AvgIpc) is 3.33. The van der Waals surface area contributed by atoms with Crippen LogP contribution < -0.4 is 0 Å². The van der Waals surface area contributed by atoms with E-state index in [-0.39, 0.29) is 95.3 Å². The van der Waals surface area contributed by atoms with E-state index in [0.717, 1.165) is 101 Å². The monoisotopic (exact) mass is 795 g/mol. The van der Waals surface area contributed by atoms with Gasteiger partial charge in [0.1, 0.15) is 17.3 Å². The van der Waals surface area contributed by atoms with Gasteiger partial charge in [0.05, 0.1) is 72.9 Å². The predicted octanol–water partition coefficient (Wildman–Crippen LogP) is 9.74. The van der Waals surface area contributed by atoms with Crippen molar-refractivity contribution >= 4 is 0 Å². The van der Waals surface area contributed by atoms with Gasteiger partial charge in [0.2, 0.25) is 0 Å². The number of hydrogen-bond donors (Lipinski definition) is 0. The fourth-order valence-corrected chi connectivity index (χ4v) is 16.3. The summed E-state index contributed by atoms with van der Waals surface area (Å²) < 4.78 is 55.5. The molecule has 0 spiro atoms. The van der Waals surface area contributed by atoms with Crippen molar-refractivity contribution < 1.29 is 37.9 Å². The summed E-state index contributed by atoms with van der Waals surface area (Å²) in [5.74, 6) is 5.67. The van der Waals surface area contributed by atoms with Crippen molar-refractivity contribution in [2.45, 2.75) is 243 Å². The standard InChI is InChI=1S/C49H78O8/c1-27-28(2)33-26-31(12-10-13-32(27)33)53-38-23-25-45-44(24-18-36(38)50-9)56-49(8)47(6)35-16-17-41-37(15-11-14-34(35)46(47,5)48(49,7)57-45)54-42-21-19-39-40(20-22-43(42)55-41)52-30(4)29(3)51-39/h12,27-30,32-45H,10-11,13-26H2,1-9H3. The van der Waals surface area contributed by atoms with Crippen LogP contribution in [0.2, 0.25) is 0 Å². The van der Waals surface area contributed by atoms with E-state index in [1.54, 1.807) is 0 Å². The highest BCUT2D eigenvalue weighted by atomic mass is 16.6. The van der Waals surface area contributed by atoms with Crippen molar-refractivity contribution in [1.82, 2.24) is 0 Å². The Morgan fingerprint density at radius 2 is 0.982 bits per heavy atom. The van der Waals surface area contributed by atoms with Crippen molar-refractivity contribution in [1.29, 1.82) is 0 Å². The lowest BCUT2D eigenvalue weighted by Gasteiger charge is -2.90. The van der Waals surface area contributed by atoms with Gasteiger partial charge in [0, 0.05) is 24.4 Å². The summed E-state index contributed by atoms with van der Waals surface area (Å²) >= 11 is 0. The molecule has 10 rings (SSSR count). The maximum Gasteiger partial charge on any atom is 0.124 e. The minimum absolute atomic E-state index is 0.0400. The van der Waals surface area contributed by atoms with Gasteiger partial charge in [-0.3, -0.25) is 0 Å². The Morgan fingerprint density at radius 3 is 1.56 bits per heavy atom. The second-order valence-corrected chi connectivity index (χ2v) is 21.9. The Bertz CT molecular complexity index is 1520. The summed E-state index contributed by atoms with van der Waals surface area (Å²) in [4.78, 5) is 0. The van der Waals surface area contributed by atoms with Crippen LogP contribution in [0, 0.1) is 46.3 Å². The minimum Gasteiger partial charge on any atom is -0.492 e. The Kier molecular flexibility index (Phi) is 10.4. The molecule has 6 saturated carbocycles. The summed E-state index contributed by atoms with van der Waals surface area (Å²) in [6, 6.07) is 0. The summed E-state index contributed by atoms with van der Waals surface area (Å²) in [6.07, 6.45) is 20.9. The molecule has 0 N–H and O–H groups in total. The molecule has 0 aromatic heterocycles. The highest BCUT2D eigenvalue weighted by Crippen LogP contribution is 2.87. The Balaban J connectivity index is 0.821.